The van der Waals surface area contributed by atoms with Crippen molar-refractivity contribution in [3.05, 3.63) is 68.0 Å². The minimum Gasteiger partial charge on any atom is -0.322 e. The van der Waals surface area contributed by atoms with E-state index in [-0.39, 0.29) is 11.6 Å². The highest BCUT2D eigenvalue weighted by molar-refractivity contribution is 9.10. The number of hydrogen-bond donors (Lipinski definition) is 1. The van der Waals surface area contributed by atoms with Gasteiger partial charge in [0.2, 0.25) is 0 Å². The number of rotatable bonds is 3. The lowest BCUT2D eigenvalue weighted by atomic mass is 9.99. The second-order valence-electron chi connectivity index (χ2n) is 4.80. The molecule has 0 amide bonds. The van der Waals surface area contributed by atoms with Gasteiger partial charge in [-0.2, -0.15) is 0 Å². The number of aryl methyl sites for hydroxylation is 2. The maximum Gasteiger partial charge on any atom is 0.250 e. The zero-order chi connectivity index (χ0) is 14.0. The average Bonchev–Trinajstić information content (AvgIpc) is 2.36. The van der Waals surface area contributed by atoms with Crippen LogP contribution in [0.3, 0.4) is 0 Å². The van der Waals surface area contributed by atoms with E-state index in [1.165, 1.54) is 5.56 Å². The predicted octanol–water partition coefficient (Wildman–Crippen LogP) is 2.93. The molecular weight excluding hydrogens is 304 g/mol. The molecule has 1 aromatic heterocycles. The second-order valence-corrected chi connectivity index (χ2v) is 5.72. The van der Waals surface area contributed by atoms with Crippen molar-refractivity contribution in [2.45, 2.75) is 26.4 Å². The summed E-state index contributed by atoms with van der Waals surface area (Å²) >= 11 is 3.37. The van der Waals surface area contributed by atoms with E-state index in [9.17, 15) is 4.79 Å². The van der Waals surface area contributed by atoms with E-state index < -0.39 is 0 Å². The lowest BCUT2D eigenvalue weighted by molar-refractivity contribution is 0.558. The molecule has 100 valence electrons. The summed E-state index contributed by atoms with van der Waals surface area (Å²) in [4.78, 5) is 11.8. The maximum atomic E-state index is 11.8. The van der Waals surface area contributed by atoms with Gasteiger partial charge in [0.15, 0.2) is 0 Å². The van der Waals surface area contributed by atoms with Crippen molar-refractivity contribution in [1.82, 2.24) is 4.57 Å². The van der Waals surface area contributed by atoms with Crippen LogP contribution in [0.25, 0.3) is 0 Å². The summed E-state index contributed by atoms with van der Waals surface area (Å²) in [6.07, 6.45) is 1.77. The molecule has 1 unspecified atom stereocenters. The third-order valence-corrected chi connectivity index (χ3v) is 3.64. The van der Waals surface area contributed by atoms with E-state index in [1.807, 2.05) is 13.8 Å². The summed E-state index contributed by atoms with van der Waals surface area (Å²) in [5.74, 6) is 0. The summed E-state index contributed by atoms with van der Waals surface area (Å²) < 4.78 is 2.51. The van der Waals surface area contributed by atoms with Gasteiger partial charge in [0.05, 0.1) is 0 Å². The molecule has 3 nitrogen and oxygen atoms in total. The molecule has 0 spiro atoms. The van der Waals surface area contributed by atoms with E-state index in [1.54, 1.807) is 22.9 Å². The van der Waals surface area contributed by atoms with Crippen molar-refractivity contribution in [1.29, 1.82) is 0 Å². The fourth-order valence-electron chi connectivity index (χ4n) is 2.11. The molecule has 0 aliphatic heterocycles. The van der Waals surface area contributed by atoms with Gasteiger partial charge in [-0.25, -0.2) is 0 Å². The Labute approximate surface area is 121 Å². The molecule has 0 bridgehead atoms. The smallest absolute Gasteiger partial charge is 0.250 e. The highest BCUT2D eigenvalue weighted by atomic mass is 79.9. The maximum absolute atomic E-state index is 11.8. The molecule has 1 aromatic carbocycles. The molecular formula is C15H17BrN2O. The molecule has 0 radical (unpaired) electrons. The quantitative estimate of drug-likeness (QED) is 0.945. The van der Waals surface area contributed by atoms with Crippen molar-refractivity contribution >= 4 is 15.9 Å². The minimum absolute atomic E-state index is 0.0380. The number of pyridine rings is 1. The number of aromatic nitrogens is 1. The number of benzene rings is 1. The lowest BCUT2D eigenvalue weighted by Gasteiger charge is -2.17. The SMILES string of the molecule is Cc1ccc(C)c(C(N)Cn2cc(Br)ccc2=O)c1. The Morgan fingerprint density at radius 1 is 1.26 bits per heavy atom. The first-order chi connectivity index (χ1) is 8.97. The zero-order valence-electron chi connectivity index (χ0n) is 11.1. The van der Waals surface area contributed by atoms with Crippen molar-refractivity contribution in [2.75, 3.05) is 0 Å². The number of nitrogens with zero attached hydrogens (tertiary/aromatic N) is 1. The molecule has 0 fully saturated rings. The number of hydrogen-bond acceptors (Lipinski definition) is 2. The normalized spacial score (nSPS) is 12.4. The molecule has 1 heterocycles. The summed E-state index contributed by atoms with van der Waals surface area (Å²) in [5, 5.41) is 0. The van der Waals surface area contributed by atoms with Crippen molar-refractivity contribution in [3.63, 3.8) is 0 Å². The van der Waals surface area contributed by atoms with Crippen LogP contribution in [0.1, 0.15) is 22.7 Å². The number of nitrogens with two attached hydrogens (primary N) is 1. The fourth-order valence-corrected chi connectivity index (χ4v) is 2.49. The van der Waals surface area contributed by atoms with Gasteiger partial charge in [-0.3, -0.25) is 4.79 Å². The van der Waals surface area contributed by atoms with Gasteiger partial charge in [-0.05, 0) is 47.0 Å². The average molecular weight is 321 g/mol. The van der Waals surface area contributed by atoms with Crippen molar-refractivity contribution in [2.24, 2.45) is 5.73 Å². The van der Waals surface area contributed by atoms with E-state index in [0.29, 0.717) is 6.54 Å². The molecule has 0 saturated heterocycles. The zero-order valence-corrected chi connectivity index (χ0v) is 12.6. The molecule has 1 atom stereocenters. The molecule has 2 aromatic rings. The van der Waals surface area contributed by atoms with Crippen molar-refractivity contribution < 1.29 is 0 Å². The Balaban J connectivity index is 2.30. The Morgan fingerprint density at radius 2 is 2.00 bits per heavy atom. The van der Waals surface area contributed by atoms with Crippen LogP contribution < -0.4 is 11.3 Å². The van der Waals surface area contributed by atoms with E-state index in [2.05, 4.69) is 34.1 Å². The summed E-state index contributed by atoms with van der Waals surface area (Å²) in [7, 11) is 0. The molecule has 4 heteroatoms. The standard InChI is InChI=1S/C15H17BrN2O/c1-10-3-4-11(2)13(7-10)14(17)9-18-8-12(16)5-6-15(18)19/h3-8,14H,9,17H2,1-2H3. The van der Waals surface area contributed by atoms with Crippen LogP contribution in [0.2, 0.25) is 0 Å². The molecule has 2 N–H and O–H groups in total. The van der Waals surface area contributed by atoms with E-state index in [4.69, 9.17) is 5.73 Å². The van der Waals surface area contributed by atoms with Crippen LogP contribution >= 0.6 is 15.9 Å². The summed E-state index contributed by atoms with van der Waals surface area (Å²) in [5.41, 5.74) is 9.62. The van der Waals surface area contributed by atoms with Gasteiger partial charge in [0.1, 0.15) is 0 Å². The number of halogens is 1. The van der Waals surface area contributed by atoms with Crippen LogP contribution in [0.15, 0.2) is 45.8 Å². The Bertz CT molecular complexity index is 649. The topological polar surface area (TPSA) is 48.0 Å². The van der Waals surface area contributed by atoms with Crippen molar-refractivity contribution in [3.8, 4) is 0 Å². The van der Waals surface area contributed by atoms with E-state index in [0.717, 1.165) is 15.6 Å². The Morgan fingerprint density at radius 3 is 2.74 bits per heavy atom. The molecule has 0 aliphatic carbocycles. The highest BCUT2D eigenvalue weighted by Crippen LogP contribution is 2.19. The van der Waals surface area contributed by atoms with Crippen LogP contribution in [0.4, 0.5) is 0 Å². The van der Waals surface area contributed by atoms with Crippen LogP contribution in [0, 0.1) is 13.8 Å². The van der Waals surface area contributed by atoms with Crippen LogP contribution in [-0.4, -0.2) is 4.57 Å². The van der Waals surface area contributed by atoms with Crippen LogP contribution in [0.5, 0.6) is 0 Å². The minimum atomic E-state index is -0.188. The highest BCUT2D eigenvalue weighted by Gasteiger charge is 2.11. The lowest BCUT2D eigenvalue weighted by Crippen LogP contribution is -2.26. The van der Waals surface area contributed by atoms with Gasteiger partial charge < -0.3 is 10.3 Å². The molecule has 0 aliphatic rings. The predicted molar refractivity (Wildman–Crippen MR) is 81.2 cm³/mol. The second kappa shape index (κ2) is 5.72. The van der Waals surface area contributed by atoms with Crippen LogP contribution in [-0.2, 0) is 6.54 Å². The Kier molecular flexibility index (Phi) is 4.22. The first-order valence-corrected chi connectivity index (χ1v) is 6.95. The fraction of sp³-hybridized carbons (Fsp3) is 0.267. The van der Waals surface area contributed by atoms with Gasteiger partial charge in [-0.15, -0.1) is 0 Å². The van der Waals surface area contributed by atoms with E-state index >= 15 is 0 Å². The Hall–Kier alpha value is -1.39. The molecule has 2 rings (SSSR count). The third-order valence-electron chi connectivity index (χ3n) is 3.17. The van der Waals surface area contributed by atoms with Gasteiger partial charge >= 0.3 is 0 Å². The summed E-state index contributed by atoms with van der Waals surface area (Å²) in [6.45, 7) is 4.56. The molecule has 19 heavy (non-hydrogen) atoms. The summed E-state index contributed by atoms with van der Waals surface area (Å²) in [6, 6.07) is 9.31. The van der Waals surface area contributed by atoms with Gasteiger partial charge in [-0.1, -0.05) is 23.8 Å². The van der Waals surface area contributed by atoms with Gasteiger partial charge in [0, 0.05) is 29.3 Å². The first-order valence-electron chi connectivity index (χ1n) is 6.16. The molecule has 0 saturated carbocycles. The van der Waals surface area contributed by atoms with Gasteiger partial charge in [0.25, 0.3) is 5.56 Å². The monoisotopic (exact) mass is 320 g/mol. The first kappa shape index (κ1) is 14.0. The largest absolute Gasteiger partial charge is 0.322 e. The third kappa shape index (κ3) is 3.33.